The SMILES string of the molecule is COCCN1C[C@@H](CC(=O)Cc2c(C)c(-c3cnn(C)c3)nn2-c2ccccc2)[C@H](c2ccc3c(c2)NCCO3)C1. The van der Waals surface area contributed by atoms with Gasteiger partial charge < -0.3 is 19.7 Å². The van der Waals surface area contributed by atoms with Gasteiger partial charge in [0.15, 0.2) is 0 Å². The molecular formula is C32H38N6O3. The van der Waals surface area contributed by atoms with Gasteiger partial charge in [-0.2, -0.15) is 10.2 Å². The Kier molecular flexibility index (Phi) is 7.89. The first-order valence-corrected chi connectivity index (χ1v) is 14.4. The molecule has 4 aromatic rings. The number of hydrogen-bond donors (Lipinski definition) is 1. The Bertz CT molecular complexity index is 1510. The fourth-order valence-electron chi connectivity index (χ4n) is 6.23. The number of para-hydroxylation sites is 1. The molecule has 1 N–H and O–H groups in total. The molecule has 0 bridgehead atoms. The van der Waals surface area contributed by atoms with E-state index < -0.39 is 0 Å². The molecule has 4 heterocycles. The summed E-state index contributed by atoms with van der Waals surface area (Å²) < 4.78 is 14.9. The molecule has 1 saturated heterocycles. The molecule has 2 aliphatic heterocycles. The van der Waals surface area contributed by atoms with Crippen LogP contribution in [0.3, 0.4) is 0 Å². The van der Waals surface area contributed by atoms with E-state index in [-0.39, 0.29) is 17.6 Å². The molecule has 2 atom stereocenters. The van der Waals surface area contributed by atoms with Crippen LogP contribution in [0.4, 0.5) is 5.69 Å². The van der Waals surface area contributed by atoms with Crippen LogP contribution in [0.2, 0.25) is 0 Å². The number of carbonyl (C=O) groups is 1. The fraction of sp³-hybridized carbons (Fsp3) is 0.406. The number of benzene rings is 2. The Labute approximate surface area is 241 Å². The summed E-state index contributed by atoms with van der Waals surface area (Å²) in [5.41, 5.74) is 6.99. The highest BCUT2D eigenvalue weighted by Gasteiger charge is 2.35. The Hall–Kier alpha value is -3.95. The van der Waals surface area contributed by atoms with Crippen molar-refractivity contribution < 1.29 is 14.3 Å². The zero-order chi connectivity index (χ0) is 28.3. The van der Waals surface area contributed by atoms with Gasteiger partial charge in [-0.15, -0.1) is 0 Å². The van der Waals surface area contributed by atoms with Crippen LogP contribution in [0.1, 0.15) is 29.2 Å². The van der Waals surface area contributed by atoms with E-state index in [0.29, 0.717) is 26.1 Å². The van der Waals surface area contributed by atoms with Gasteiger partial charge in [0.25, 0.3) is 0 Å². The summed E-state index contributed by atoms with van der Waals surface area (Å²) >= 11 is 0. The van der Waals surface area contributed by atoms with Crippen LogP contribution in [0.15, 0.2) is 60.9 Å². The molecule has 2 aromatic carbocycles. The molecule has 0 saturated carbocycles. The average Bonchev–Trinajstić information content (AvgIpc) is 3.69. The van der Waals surface area contributed by atoms with Gasteiger partial charge in [0.05, 0.1) is 35.6 Å². The number of nitrogens with zero attached hydrogens (tertiary/aromatic N) is 5. The molecule has 214 valence electrons. The van der Waals surface area contributed by atoms with Gasteiger partial charge in [-0.05, 0) is 48.2 Å². The lowest BCUT2D eigenvalue weighted by Gasteiger charge is -2.23. The second-order valence-corrected chi connectivity index (χ2v) is 11.1. The van der Waals surface area contributed by atoms with Crippen molar-refractivity contribution in [2.75, 3.05) is 51.8 Å². The highest BCUT2D eigenvalue weighted by atomic mass is 16.5. The van der Waals surface area contributed by atoms with Crippen molar-refractivity contribution in [1.82, 2.24) is 24.5 Å². The van der Waals surface area contributed by atoms with E-state index in [1.54, 1.807) is 11.8 Å². The van der Waals surface area contributed by atoms with Crippen molar-refractivity contribution in [3.63, 3.8) is 0 Å². The zero-order valence-corrected chi connectivity index (χ0v) is 24.0. The van der Waals surface area contributed by atoms with Crippen LogP contribution >= 0.6 is 0 Å². The molecular weight excluding hydrogens is 516 g/mol. The van der Waals surface area contributed by atoms with Gasteiger partial charge in [-0.25, -0.2) is 4.68 Å². The number of hydrogen-bond acceptors (Lipinski definition) is 7. The summed E-state index contributed by atoms with van der Waals surface area (Å²) in [4.78, 5) is 16.3. The lowest BCUT2D eigenvalue weighted by Crippen LogP contribution is -2.25. The lowest BCUT2D eigenvalue weighted by molar-refractivity contribution is -0.119. The highest BCUT2D eigenvalue weighted by Crippen LogP contribution is 2.39. The van der Waals surface area contributed by atoms with Crippen LogP contribution in [-0.2, 0) is 23.0 Å². The molecule has 9 nitrogen and oxygen atoms in total. The molecule has 1 fully saturated rings. The molecule has 0 aliphatic carbocycles. The van der Waals surface area contributed by atoms with Gasteiger partial charge in [0.2, 0.25) is 0 Å². The fourth-order valence-corrected chi connectivity index (χ4v) is 6.23. The molecule has 2 aliphatic rings. The van der Waals surface area contributed by atoms with Crippen LogP contribution in [-0.4, -0.2) is 76.7 Å². The van der Waals surface area contributed by atoms with E-state index >= 15 is 0 Å². The number of carbonyl (C=O) groups excluding carboxylic acids is 1. The van der Waals surface area contributed by atoms with Crippen LogP contribution < -0.4 is 10.1 Å². The topological polar surface area (TPSA) is 86.4 Å². The molecule has 0 radical (unpaired) electrons. The highest BCUT2D eigenvalue weighted by molar-refractivity contribution is 5.82. The normalized spacial score (nSPS) is 18.6. The lowest BCUT2D eigenvalue weighted by atomic mass is 9.84. The number of nitrogens with one attached hydrogen (secondary N) is 1. The minimum Gasteiger partial charge on any atom is -0.490 e. The summed E-state index contributed by atoms with van der Waals surface area (Å²) in [5.74, 6) is 1.60. The molecule has 9 heteroatoms. The summed E-state index contributed by atoms with van der Waals surface area (Å²) in [7, 11) is 3.64. The van der Waals surface area contributed by atoms with Gasteiger partial charge in [-0.3, -0.25) is 9.48 Å². The number of methoxy groups -OCH3 is 1. The molecule has 6 rings (SSSR count). The number of rotatable bonds is 10. The average molecular weight is 555 g/mol. The predicted molar refractivity (Wildman–Crippen MR) is 159 cm³/mol. The molecule has 2 aromatic heterocycles. The summed E-state index contributed by atoms with van der Waals surface area (Å²) in [5, 5.41) is 12.8. The number of aromatic nitrogens is 4. The number of anilines is 1. The van der Waals surface area contributed by atoms with Gasteiger partial charge in [0.1, 0.15) is 18.1 Å². The van der Waals surface area contributed by atoms with Gasteiger partial charge in [0, 0.05) is 70.9 Å². The minimum atomic E-state index is 0.216. The first kappa shape index (κ1) is 27.2. The number of likely N-dealkylation sites (tertiary alicyclic amines) is 1. The number of ketones is 1. The van der Waals surface area contributed by atoms with Crippen molar-refractivity contribution in [1.29, 1.82) is 0 Å². The van der Waals surface area contributed by atoms with E-state index in [0.717, 1.165) is 65.8 Å². The van der Waals surface area contributed by atoms with E-state index in [1.165, 1.54) is 5.56 Å². The van der Waals surface area contributed by atoms with Gasteiger partial charge in [-0.1, -0.05) is 24.3 Å². The third kappa shape index (κ3) is 5.78. The zero-order valence-electron chi connectivity index (χ0n) is 24.0. The Balaban J connectivity index is 1.27. The van der Waals surface area contributed by atoms with E-state index in [9.17, 15) is 4.79 Å². The second kappa shape index (κ2) is 11.9. The number of Topliss-reactive ketones (excluding diaryl/α,β-unsaturated/α-hetero) is 1. The second-order valence-electron chi connectivity index (χ2n) is 11.1. The van der Waals surface area contributed by atoms with Crippen molar-refractivity contribution in [3.05, 3.63) is 77.7 Å². The van der Waals surface area contributed by atoms with Crippen LogP contribution in [0, 0.1) is 12.8 Å². The van der Waals surface area contributed by atoms with E-state index in [2.05, 4.69) is 40.4 Å². The minimum absolute atomic E-state index is 0.216. The first-order chi connectivity index (χ1) is 20.0. The first-order valence-electron chi connectivity index (χ1n) is 14.4. The maximum absolute atomic E-state index is 13.9. The standard InChI is InChI=1S/C32H38N6O3/c1-22-30(38(26-7-5-4-6-8-26)35-32(22)25-18-34-36(2)19-25)17-27(39)15-24-20-37(12-14-40-3)21-28(24)23-9-10-31-29(16-23)33-11-13-41-31/h4-10,16,18-19,24,28,33H,11-15,17,20-21H2,1-3H3/t24-,28+/m1/s1. The third-order valence-electron chi connectivity index (χ3n) is 8.31. The van der Waals surface area contributed by atoms with Crippen molar-refractivity contribution >= 4 is 11.5 Å². The maximum Gasteiger partial charge on any atom is 0.142 e. The third-order valence-corrected chi connectivity index (χ3v) is 8.31. The summed E-state index contributed by atoms with van der Waals surface area (Å²) in [6, 6.07) is 16.5. The van der Waals surface area contributed by atoms with Crippen LogP contribution in [0.25, 0.3) is 16.9 Å². The van der Waals surface area contributed by atoms with Crippen molar-refractivity contribution in [2.45, 2.75) is 25.7 Å². The van der Waals surface area contributed by atoms with E-state index in [1.807, 2.05) is 54.5 Å². The number of fused-ring (bicyclic) bond motifs is 1. The Morgan fingerprint density at radius 2 is 2.02 bits per heavy atom. The Morgan fingerprint density at radius 3 is 2.80 bits per heavy atom. The molecule has 0 spiro atoms. The van der Waals surface area contributed by atoms with E-state index in [4.69, 9.17) is 14.6 Å². The Morgan fingerprint density at radius 1 is 1.17 bits per heavy atom. The molecule has 41 heavy (non-hydrogen) atoms. The molecule has 0 amide bonds. The maximum atomic E-state index is 13.9. The predicted octanol–water partition coefficient (Wildman–Crippen LogP) is 4.25. The number of aryl methyl sites for hydroxylation is 1. The van der Waals surface area contributed by atoms with Gasteiger partial charge >= 0.3 is 0 Å². The summed E-state index contributed by atoms with van der Waals surface area (Å²) in [6.07, 6.45) is 4.63. The monoisotopic (exact) mass is 554 g/mol. The largest absolute Gasteiger partial charge is 0.490 e. The molecule has 0 unspecified atom stereocenters. The van der Waals surface area contributed by atoms with Crippen molar-refractivity contribution in [3.8, 4) is 22.7 Å². The number of ether oxygens (including phenoxy) is 2. The van der Waals surface area contributed by atoms with Crippen molar-refractivity contribution in [2.24, 2.45) is 13.0 Å². The quantitative estimate of drug-likeness (QED) is 0.314. The smallest absolute Gasteiger partial charge is 0.142 e. The van der Waals surface area contributed by atoms with Crippen LogP contribution in [0.5, 0.6) is 5.75 Å². The summed E-state index contributed by atoms with van der Waals surface area (Å²) in [6.45, 7) is 6.87.